The zero-order chi connectivity index (χ0) is 14.8. The summed E-state index contributed by atoms with van der Waals surface area (Å²) in [5.41, 5.74) is 1.20. The Morgan fingerprint density at radius 1 is 1.40 bits per heavy atom. The van der Waals surface area contributed by atoms with E-state index in [2.05, 4.69) is 25.7 Å². The lowest BCUT2D eigenvalue weighted by Crippen LogP contribution is -2.41. The minimum atomic E-state index is -0.231. The van der Waals surface area contributed by atoms with Gasteiger partial charge in [-0.15, -0.1) is 0 Å². The molecule has 0 heterocycles. The highest BCUT2D eigenvalue weighted by atomic mass is 19.1. The van der Waals surface area contributed by atoms with E-state index in [1.807, 2.05) is 6.07 Å². The van der Waals surface area contributed by atoms with E-state index in [9.17, 15) is 9.50 Å². The Labute approximate surface area is 121 Å². The molecule has 2 nitrogen and oxygen atoms in total. The van der Waals surface area contributed by atoms with E-state index in [1.165, 1.54) is 6.07 Å². The van der Waals surface area contributed by atoms with Crippen molar-refractivity contribution < 1.29 is 9.50 Å². The summed E-state index contributed by atoms with van der Waals surface area (Å²) in [6, 6.07) is 6.72. The fourth-order valence-electron chi connectivity index (χ4n) is 3.28. The van der Waals surface area contributed by atoms with Crippen molar-refractivity contribution in [3.8, 4) is 0 Å². The third-order valence-electron chi connectivity index (χ3n) is 4.49. The van der Waals surface area contributed by atoms with E-state index in [1.54, 1.807) is 12.1 Å². The van der Waals surface area contributed by atoms with Crippen molar-refractivity contribution >= 4 is 5.69 Å². The van der Waals surface area contributed by atoms with Crippen LogP contribution in [0.25, 0.3) is 0 Å². The molecule has 1 aliphatic carbocycles. The molecule has 0 aliphatic heterocycles. The second-order valence-corrected chi connectivity index (χ2v) is 6.75. The zero-order valence-corrected chi connectivity index (χ0v) is 12.8. The molecule has 2 atom stereocenters. The van der Waals surface area contributed by atoms with Gasteiger partial charge in [-0.1, -0.05) is 19.9 Å². The molecule has 20 heavy (non-hydrogen) atoms. The molecule has 2 unspecified atom stereocenters. The van der Waals surface area contributed by atoms with Gasteiger partial charge in [-0.3, -0.25) is 0 Å². The second kappa shape index (κ2) is 6.13. The van der Waals surface area contributed by atoms with Crippen LogP contribution in [0.2, 0.25) is 0 Å². The molecule has 1 aromatic rings. The molecule has 112 valence electrons. The first-order chi connectivity index (χ1) is 9.41. The Kier molecular flexibility index (Phi) is 4.69. The van der Waals surface area contributed by atoms with Crippen molar-refractivity contribution in [1.82, 2.24) is 0 Å². The van der Waals surface area contributed by atoms with Crippen LogP contribution in [0, 0.1) is 17.2 Å². The Bertz CT molecular complexity index is 446. The molecule has 1 N–H and O–H groups in total. The van der Waals surface area contributed by atoms with E-state index in [4.69, 9.17) is 0 Å². The van der Waals surface area contributed by atoms with E-state index >= 15 is 0 Å². The van der Waals surface area contributed by atoms with E-state index < -0.39 is 0 Å². The van der Waals surface area contributed by atoms with Crippen LogP contribution in [0.4, 0.5) is 10.1 Å². The average molecular weight is 279 g/mol. The van der Waals surface area contributed by atoms with Crippen LogP contribution in [-0.4, -0.2) is 24.3 Å². The maximum atomic E-state index is 13.4. The minimum Gasteiger partial charge on any atom is -0.393 e. The van der Waals surface area contributed by atoms with Gasteiger partial charge in [-0.25, -0.2) is 4.39 Å². The minimum absolute atomic E-state index is 0.203. The lowest BCUT2D eigenvalue weighted by molar-refractivity contribution is 0.0250. The topological polar surface area (TPSA) is 23.5 Å². The molecule has 0 radical (unpaired) electrons. The summed E-state index contributed by atoms with van der Waals surface area (Å²) in [5.74, 6) is 0.0624. The fourth-order valence-corrected chi connectivity index (χ4v) is 3.28. The summed E-state index contributed by atoms with van der Waals surface area (Å²) < 4.78 is 13.4. The number of anilines is 1. The van der Waals surface area contributed by atoms with Gasteiger partial charge in [-0.2, -0.15) is 0 Å². The van der Waals surface area contributed by atoms with Crippen molar-refractivity contribution in [2.75, 3.05) is 18.0 Å². The Morgan fingerprint density at radius 2 is 2.15 bits per heavy atom. The molecule has 1 fully saturated rings. The Hall–Kier alpha value is -1.09. The second-order valence-electron chi connectivity index (χ2n) is 6.75. The molecule has 0 aromatic heterocycles. The highest BCUT2D eigenvalue weighted by molar-refractivity contribution is 5.46. The van der Waals surface area contributed by atoms with Gasteiger partial charge in [0.25, 0.3) is 0 Å². The summed E-state index contributed by atoms with van der Waals surface area (Å²) in [4.78, 5) is 2.17. The highest BCUT2D eigenvalue weighted by Crippen LogP contribution is 2.39. The molecule has 0 bridgehead atoms. The van der Waals surface area contributed by atoms with Crippen LogP contribution >= 0.6 is 0 Å². The number of rotatable bonds is 4. The number of benzene rings is 1. The van der Waals surface area contributed by atoms with Crippen LogP contribution in [0.1, 0.15) is 40.0 Å². The molecular weight excluding hydrogens is 253 g/mol. The lowest BCUT2D eigenvalue weighted by atomic mass is 9.70. The molecule has 1 aromatic carbocycles. The predicted molar refractivity (Wildman–Crippen MR) is 81.4 cm³/mol. The predicted octanol–water partition coefficient (Wildman–Crippen LogP) is 3.84. The van der Waals surface area contributed by atoms with Gasteiger partial charge in [-0.05, 0) is 49.8 Å². The van der Waals surface area contributed by atoms with Crippen LogP contribution < -0.4 is 4.90 Å². The average Bonchev–Trinajstić information content (AvgIpc) is 2.39. The smallest absolute Gasteiger partial charge is 0.125 e. The van der Waals surface area contributed by atoms with E-state index in [0.29, 0.717) is 5.41 Å². The first-order valence-electron chi connectivity index (χ1n) is 7.60. The summed E-state index contributed by atoms with van der Waals surface area (Å²) in [6.45, 7) is 8.23. The molecule has 3 heteroatoms. The fraction of sp³-hybridized carbons (Fsp3) is 0.647. The molecule has 0 amide bonds. The van der Waals surface area contributed by atoms with Crippen LogP contribution in [0.15, 0.2) is 24.3 Å². The van der Waals surface area contributed by atoms with Gasteiger partial charge in [0, 0.05) is 24.7 Å². The van der Waals surface area contributed by atoms with E-state index in [-0.39, 0.29) is 17.8 Å². The molecule has 0 spiro atoms. The SMILES string of the molecule is CCN(CC1CC(C)(C)CCC1O)c1cccc(F)c1. The van der Waals surface area contributed by atoms with Crippen molar-refractivity contribution in [3.05, 3.63) is 30.1 Å². The summed E-state index contributed by atoms with van der Waals surface area (Å²) >= 11 is 0. The molecule has 0 saturated heterocycles. The first-order valence-corrected chi connectivity index (χ1v) is 7.60. The van der Waals surface area contributed by atoms with Crippen molar-refractivity contribution in [1.29, 1.82) is 0 Å². The highest BCUT2D eigenvalue weighted by Gasteiger charge is 2.34. The van der Waals surface area contributed by atoms with E-state index in [0.717, 1.165) is 38.0 Å². The Balaban J connectivity index is 2.09. The van der Waals surface area contributed by atoms with Gasteiger partial charge in [0.1, 0.15) is 5.82 Å². The first kappa shape index (κ1) is 15.3. The number of hydrogen-bond acceptors (Lipinski definition) is 2. The molecule has 1 aliphatic rings. The maximum absolute atomic E-state index is 13.4. The van der Waals surface area contributed by atoms with Crippen LogP contribution in [0.3, 0.4) is 0 Å². The monoisotopic (exact) mass is 279 g/mol. The molecule has 1 saturated carbocycles. The standard InChI is InChI=1S/C17H26FNO/c1-4-19(15-7-5-6-14(18)10-15)12-13-11-17(2,3)9-8-16(13)20/h5-7,10,13,16,20H,4,8-9,11-12H2,1-3H3. The zero-order valence-electron chi connectivity index (χ0n) is 12.8. The summed E-state index contributed by atoms with van der Waals surface area (Å²) in [7, 11) is 0. The summed E-state index contributed by atoms with van der Waals surface area (Å²) in [5, 5.41) is 10.2. The number of aliphatic hydroxyl groups is 1. The third-order valence-corrected chi connectivity index (χ3v) is 4.49. The van der Waals surface area contributed by atoms with Crippen molar-refractivity contribution in [2.24, 2.45) is 11.3 Å². The van der Waals surface area contributed by atoms with Crippen LogP contribution in [0.5, 0.6) is 0 Å². The van der Waals surface area contributed by atoms with Gasteiger partial charge < -0.3 is 10.0 Å². The lowest BCUT2D eigenvalue weighted by Gasteiger charge is -2.41. The number of halogens is 1. The molecule has 2 rings (SSSR count). The third kappa shape index (κ3) is 3.72. The summed E-state index contributed by atoms with van der Waals surface area (Å²) in [6.07, 6.45) is 2.75. The largest absolute Gasteiger partial charge is 0.393 e. The quantitative estimate of drug-likeness (QED) is 0.905. The van der Waals surface area contributed by atoms with Gasteiger partial charge in [0.05, 0.1) is 6.10 Å². The van der Waals surface area contributed by atoms with Gasteiger partial charge >= 0.3 is 0 Å². The number of hydrogen-bond donors (Lipinski definition) is 1. The van der Waals surface area contributed by atoms with Gasteiger partial charge in [0.2, 0.25) is 0 Å². The Morgan fingerprint density at radius 3 is 2.80 bits per heavy atom. The molecular formula is C17H26FNO. The number of aliphatic hydroxyl groups excluding tert-OH is 1. The van der Waals surface area contributed by atoms with Gasteiger partial charge in [0.15, 0.2) is 0 Å². The normalized spacial score (nSPS) is 25.4. The maximum Gasteiger partial charge on any atom is 0.125 e. The van der Waals surface area contributed by atoms with Crippen molar-refractivity contribution in [2.45, 2.75) is 46.1 Å². The van der Waals surface area contributed by atoms with Crippen LogP contribution in [-0.2, 0) is 0 Å². The van der Waals surface area contributed by atoms with Crippen molar-refractivity contribution in [3.63, 3.8) is 0 Å². The number of nitrogens with zero attached hydrogens (tertiary/aromatic N) is 1.